The Morgan fingerprint density at radius 2 is 1.66 bits per heavy atom. The normalized spacial score (nSPS) is 31.8. The minimum atomic E-state index is -2.41. The van der Waals surface area contributed by atoms with Crippen LogP contribution in [-0.4, -0.2) is 111 Å². The van der Waals surface area contributed by atoms with E-state index in [1.54, 1.807) is 40.7 Å². The predicted octanol–water partition coefficient (Wildman–Crippen LogP) is 3.88. The van der Waals surface area contributed by atoms with Gasteiger partial charge in [0, 0.05) is 35.8 Å². The van der Waals surface area contributed by atoms with E-state index in [0.29, 0.717) is 24.8 Å². The number of esters is 2. The maximum atomic E-state index is 14.7. The number of allylic oxidation sites excluding steroid dienone is 5. The van der Waals surface area contributed by atoms with E-state index in [1.807, 2.05) is 50.3 Å². The molecule has 1 unspecified atom stereocenters. The predicted molar refractivity (Wildman–Crippen MR) is 246 cm³/mol. The molecule has 5 N–H and O–H groups in total. The molecule has 1 heterocycles. The SMILES string of the molecule is CCC(=O)O[C@]1(C(=O)C(O)OC(=O)[C@@H](NC(=O)[C@@H]2CCCN2C(=O)[C@H](C)NC(=O)[C@H](C)NC(=O)C=C(C)c2ccccc2)C(C)C)CC[C@H]2[C@@H]3C[C@H](C)C4=CC(=O)C=C[C@]4(C)[C@H]3[C@@H](O)C[C@@]21C. The smallest absolute Gasteiger partial charge is 0.331 e. The molecular formula is C51H68N4O12. The Bertz CT molecular complexity index is 2240. The first-order valence-corrected chi connectivity index (χ1v) is 23.7. The summed E-state index contributed by atoms with van der Waals surface area (Å²) in [7, 11) is 0. The molecule has 3 saturated carbocycles. The third kappa shape index (κ3) is 9.79. The van der Waals surface area contributed by atoms with E-state index in [2.05, 4.69) is 16.0 Å². The van der Waals surface area contributed by atoms with Crippen molar-refractivity contribution in [3.05, 3.63) is 65.8 Å². The lowest BCUT2D eigenvalue weighted by Crippen LogP contribution is -2.64. The summed E-state index contributed by atoms with van der Waals surface area (Å²) in [5.41, 5.74) is -1.27. The van der Waals surface area contributed by atoms with Crippen molar-refractivity contribution in [3.8, 4) is 0 Å². The van der Waals surface area contributed by atoms with Crippen molar-refractivity contribution >= 4 is 52.7 Å². The van der Waals surface area contributed by atoms with E-state index in [0.717, 1.165) is 11.1 Å². The fraction of sp³-hybridized carbons (Fsp3) is 0.608. The quantitative estimate of drug-likeness (QED) is 0.0959. The van der Waals surface area contributed by atoms with Crippen LogP contribution < -0.4 is 16.0 Å². The van der Waals surface area contributed by atoms with Gasteiger partial charge in [-0.15, -0.1) is 0 Å². The summed E-state index contributed by atoms with van der Waals surface area (Å²) in [6, 6.07) is 4.79. The molecule has 1 aliphatic heterocycles. The van der Waals surface area contributed by atoms with Crippen molar-refractivity contribution in [2.45, 2.75) is 149 Å². The molecule has 1 aromatic rings. The summed E-state index contributed by atoms with van der Waals surface area (Å²) in [5.74, 6) is -6.63. The number of amides is 4. The standard InChI is InChI=1S/C51H68N4O12/c1-10-40(59)67-51(21-19-35-34-23-29(5)36-25-33(56)18-20-49(36,8)41(34)38(57)26-50(35,51)9)43(60)48(65)66-47(64)42(27(2)3)54-45(62)37-17-14-22-55(37)46(63)31(7)53-44(61)30(6)52-39(58)24-28(4)32-15-12-11-13-16-32/h11-13,15-16,18,20,24-25,27,29-31,34-35,37-38,41-42,48,57,65H,10,14,17,19,21-23,26H2,1-9H3,(H,52,58)(H,53,61)(H,54,62)/t29-,30-,31-,34-,35-,37-,38-,41+,42-,48?,49-,50-,51-/m0/s1. The van der Waals surface area contributed by atoms with Crippen LogP contribution >= 0.6 is 0 Å². The fourth-order valence-corrected chi connectivity index (χ4v) is 12.1. The molecule has 0 bridgehead atoms. The van der Waals surface area contributed by atoms with E-state index < -0.39 is 100 Å². The summed E-state index contributed by atoms with van der Waals surface area (Å²) in [5, 5.41) is 31.5. The van der Waals surface area contributed by atoms with Crippen LogP contribution in [0.3, 0.4) is 0 Å². The van der Waals surface area contributed by atoms with Crippen LogP contribution in [-0.2, 0) is 47.8 Å². The van der Waals surface area contributed by atoms with Crippen molar-refractivity contribution in [1.82, 2.24) is 20.9 Å². The first-order chi connectivity index (χ1) is 31.5. The summed E-state index contributed by atoms with van der Waals surface area (Å²) >= 11 is 0. The Morgan fingerprint density at radius 1 is 0.970 bits per heavy atom. The molecule has 1 saturated heterocycles. The Balaban J connectivity index is 1.11. The van der Waals surface area contributed by atoms with Gasteiger partial charge < -0.3 is 40.5 Å². The van der Waals surface area contributed by atoms with E-state index in [-0.39, 0.29) is 61.7 Å². The molecule has 4 aliphatic carbocycles. The molecule has 0 aromatic heterocycles. The minimum absolute atomic E-state index is 0.0134. The van der Waals surface area contributed by atoms with Gasteiger partial charge in [-0.25, -0.2) is 4.79 Å². The number of nitrogens with one attached hydrogen (secondary N) is 3. The first kappa shape index (κ1) is 50.9. The Kier molecular flexibility index (Phi) is 15.2. The first-order valence-electron chi connectivity index (χ1n) is 23.7. The van der Waals surface area contributed by atoms with Crippen LogP contribution in [0.4, 0.5) is 0 Å². The number of aliphatic hydroxyl groups excluding tert-OH is 2. The highest BCUT2D eigenvalue weighted by Crippen LogP contribution is 2.68. The van der Waals surface area contributed by atoms with Gasteiger partial charge in [-0.3, -0.25) is 33.6 Å². The number of likely N-dealkylation sites (tertiary alicyclic amines) is 1. The molecule has 16 nitrogen and oxygen atoms in total. The summed E-state index contributed by atoms with van der Waals surface area (Å²) in [4.78, 5) is 109. The van der Waals surface area contributed by atoms with Gasteiger partial charge in [0.05, 0.1) is 6.10 Å². The maximum absolute atomic E-state index is 14.7. The highest BCUT2D eigenvalue weighted by Gasteiger charge is 2.72. The van der Waals surface area contributed by atoms with E-state index in [4.69, 9.17) is 9.47 Å². The van der Waals surface area contributed by atoms with Gasteiger partial charge in [0.1, 0.15) is 24.2 Å². The molecular weight excluding hydrogens is 861 g/mol. The number of hydrogen-bond donors (Lipinski definition) is 5. The Hall–Kier alpha value is -5.48. The monoisotopic (exact) mass is 928 g/mol. The largest absolute Gasteiger partial charge is 0.450 e. The van der Waals surface area contributed by atoms with Crippen LogP contribution in [0.1, 0.15) is 113 Å². The maximum Gasteiger partial charge on any atom is 0.331 e. The zero-order chi connectivity index (χ0) is 49.3. The van der Waals surface area contributed by atoms with Crippen molar-refractivity contribution < 1.29 is 58.0 Å². The second-order valence-corrected chi connectivity index (χ2v) is 20.2. The van der Waals surface area contributed by atoms with Gasteiger partial charge in [0.15, 0.2) is 11.4 Å². The molecule has 4 amide bonds. The number of carbonyl (C=O) groups excluding carboxylic acids is 8. The summed E-state index contributed by atoms with van der Waals surface area (Å²) in [6.07, 6.45) is 4.78. The second kappa shape index (κ2) is 20.0. The molecule has 16 heteroatoms. The van der Waals surface area contributed by atoms with Crippen LogP contribution in [0.2, 0.25) is 0 Å². The van der Waals surface area contributed by atoms with E-state index in [1.165, 1.54) is 30.9 Å². The molecule has 13 atom stereocenters. The van der Waals surface area contributed by atoms with Gasteiger partial charge in [-0.1, -0.05) is 83.5 Å². The highest BCUT2D eigenvalue weighted by atomic mass is 16.6. The van der Waals surface area contributed by atoms with Crippen LogP contribution in [0.15, 0.2) is 60.2 Å². The molecule has 67 heavy (non-hydrogen) atoms. The summed E-state index contributed by atoms with van der Waals surface area (Å²) < 4.78 is 11.5. The number of aliphatic hydroxyl groups is 2. The number of Topliss-reactive ketones (excluding diaryl/α,β-unsaturated/α-hetero) is 1. The van der Waals surface area contributed by atoms with Gasteiger partial charge in [-0.2, -0.15) is 0 Å². The number of rotatable bonds is 15. The van der Waals surface area contributed by atoms with Crippen LogP contribution in [0.5, 0.6) is 0 Å². The molecule has 4 fully saturated rings. The van der Waals surface area contributed by atoms with Gasteiger partial charge >= 0.3 is 11.9 Å². The average Bonchev–Trinajstić information content (AvgIpc) is 3.88. The van der Waals surface area contributed by atoms with Crippen molar-refractivity contribution in [3.63, 3.8) is 0 Å². The van der Waals surface area contributed by atoms with Crippen molar-refractivity contribution in [2.75, 3.05) is 6.54 Å². The molecule has 1 aromatic carbocycles. The third-order valence-corrected chi connectivity index (χ3v) is 15.5. The topological polar surface area (TPSA) is 235 Å². The van der Waals surface area contributed by atoms with Crippen LogP contribution in [0, 0.1) is 40.4 Å². The molecule has 364 valence electrons. The number of ketones is 2. The number of hydrogen-bond acceptors (Lipinski definition) is 12. The number of nitrogens with zero attached hydrogens (tertiary/aromatic N) is 1. The summed E-state index contributed by atoms with van der Waals surface area (Å²) in [6.45, 7) is 15.6. The molecule has 5 aliphatic rings. The number of benzene rings is 1. The number of fused-ring (bicyclic) bond motifs is 5. The van der Waals surface area contributed by atoms with Gasteiger partial charge in [-0.05, 0) is 106 Å². The third-order valence-electron chi connectivity index (χ3n) is 15.5. The average molecular weight is 929 g/mol. The van der Waals surface area contributed by atoms with Gasteiger partial charge in [0.25, 0.3) is 6.29 Å². The minimum Gasteiger partial charge on any atom is -0.450 e. The fourth-order valence-electron chi connectivity index (χ4n) is 12.1. The van der Waals surface area contributed by atoms with E-state index in [9.17, 15) is 48.6 Å². The lowest BCUT2D eigenvalue weighted by Gasteiger charge is -2.61. The van der Waals surface area contributed by atoms with Crippen LogP contribution in [0.25, 0.3) is 5.57 Å². The Morgan fingerprint density at radius 3 is 2.31 bits per heavy atom. The van der Waals surface area contributed by atoms with Crippen molar-refractivity contribution in [2.24, 2.45) is 40.4 Å². The molecule has 6 rings (SSSR count). The molecule has 0 spiro atoms. The number of ether oxygens (including phenoxy) is 2. The number of carbonyl (C=O) groups is 8. The zero-order valence-electron chi connectivity index (χ0n) is 40.1. The zero-order valence-corrected chi connectivity index (χ0v) is 40.1. The lowest BCUT2D eigenvalue weighted by molar-refractivity contribution is -0.215. The Labute approximate surface area is 392 Å². The van der Waals surface area contributed by atoms with Gasteiger partial charge in [0.2, 0.25) is 29.4 Å². The second-order valence-electron chi connectivity index (χ2n) is 20.2. The van der Waals surface area contributed by atoms with Crippen molar-refractivity contribution in [1.29, 1.82) is 0 Å². The lowest BCUT2D eigenvalue weighted by atomic mass is 9.44. The van der Waals surface area contributed by atoms with E-state index >= 15 is 0 Å². The highest BCUT2D eigenvalue weighted by molar-refractivity contribution is 6.01. The molecule has 0 radical (unpaired) electrons.